The zero-order chi connectivity index (χ0) is 14.7. The number of hydrogen-bond donors (Lipinski definition) is 1. The van der Waals surface area contributed by atoms with Crippen molar-refractivity contribution in [1.29, 1.82) is 0 Å². The summed E-state index contributed by atoms with van der Waals surface area (Å²) in [5, 5.41) is 9.68. The highest BCUT2D eigenvalue weighted by atomic mass is 19.1. The topological polar surface area (TPSA) is 29.5 Å². The van der Waals surface area contributed by atoms with E-state index in [9.17, 15) is 9.50 Å². The number of benzene rings is 2. The summed E-state index contributed by atoms with van der Waals surface area (Å²) in [6.45, 7) is 5.84. The van der Waals surface area contributed by atoms with Crippen LogP contribution in [0.15, 0.2) is 42.5 Å². The fourth-order valence-corrected chi connectivity index (χ4v) is 1.99. The molecule has 3 heteroatoms. The molecule has 106 valence electrons. The average molecular weight is 274 g/mol. The predicted molar refractivity (Wildman–Crippen MR) is 77.6 cm³/mol. The maximum atomic E-state index is 13.2. The Morgan fingerprint density at radius 3 is 2.20 bits per heavy atom. The van der Waals surface area contributed by atoms with Crippen molar-refractivity contribution in [2.75, 3.05) is 0 Å². The van der Waals surface area contributed by atoms with Gasteiger partial charge in [-0.1, -0.05) is 26.0 Å². The first-order chi connectivity index (χ1) is 9.47. The van der Waals surface area contributed by atoms with Gasteiger partial charge < -0.3 is 9.84 Å². The van der Waals surface area contributed by atoms with E-state index in [1.54, 1.807) is 6.92 Å². The van der Waals surface area contributed by atoms with E-state index < -0.39 is 6.10 Å². The van der Waals surface area contributed by atoms with Crippen LogP contribution in [0.5, 0.6) is 11.5 Å². The highest BCUT2D eigenvalue weighted by Crippen LogP contribution is 2.30. The monoisotopic (exact) mass is 274 g/mol. The molecule has 0 aliphatic carbocycles. The van der Waals surface area contributed by atoms with Crippen molar-refractivity contribution < 1.29 is 14.2 Å². The fraction of sp³-hybridized carbons (Fsp3) is 0.294. The van der Waals surface area contributed by atoms with Crippen LogP contribution in [0.3, 0.4) is 0 Å². The van der Waals surface area contributed by atoms with E-state index in [1.165, 1.54) is 23.8 Å². The Morgan fingerprint density at radius 1 is 1.00 bits per heavy atom. The van der Waals surface area contributed by atoms with Gasteiger partial charge in [0.1, 0.15) is 17.3 Å². The number of aliphatic hydroxyl groups excluding tert-OH is 1. The molecule has 2 rings (SSSR count). The number of hydrogen-bond acceptors (Lipinski definition) is 2. The van der Waals surface area contributed by atoms with E-state index in [4.69, 9.17) is 4.74 Å². The van der Waals surface area contributed by atoms with Gasteiger partial charge in [0.2, 0.25) is 0 Å². The summed E-state index contributed by atoms with van der Waals surface area (Å²) in [4.78, 5) is 0. The van der Waals surface area contributed by atoms with Crippen molar-refractivity contribution in [3.63, 3.8) is 0 Å². The van der Waals surface area contributed by atoms with Crippen LogP contribution in [-0.2, 0) is 0 Å². The molecule has 0 saturated heterocycles. The van der Waals surface area contributed by atoms with Crippen LogP contribution in [0, 0.1) is 5.82 Å². The second kappa shape index (κ2) is 6.06. The molecule has 2 aromatic carbocycles. The van der Waals surface area contributed by atoms with Crippen molar-refractivity contribution in [2.24, 2.45) is 0 Å². The minimum Gasteiger partial charge on any atom is -0.457 e. The maximum absolute atomic E-state index is 13.2. The van der Waals surface area contributed by atoms with Crippen LogP contribution in [0.25, 0.3) is 0 Å². The van der Waals surface area contributed by atoms with Crippen molar-refractivity contribution in [3.8, 4) is 11.5 Å². The molecule has 0 saturated carbocycles. The molecule has 20 heavy (non-hydrogen) atoms. The third-order valence-corrected chi connectivity index (χ3v) is 3.20. The largest absolute Gasteiger partial charge is 0.457 e. The van der Waals surface area contributed by atoms with Crippen LogP contribution in [0.2, 0.25) is 0 Å². The van der Waals surface area contributed by atoms with Crippen LogP contribution in [-0.4, -0.2) is 5.11 Å². The molecule has 0 bridgehead atoms. The van der Waals surface area contributed by atoms with E-state index >= 15 is 0 Å². The lowest BCUT2D eigenvalue weighted by Crippen LogP contribution is -1.97. The molecule has 1 atom stereocenters. The summed E-state index contributed by atoms with van der Waals surface area (Å²) in [7, 11) is 0. The van der Waals surface area contributed by atoms with Gasteiger partial charge in [0, 0.05) is 5.56 Å². The smallest absolute Gasteiger partial charge is 0.133 e. The van der Waals surface area contributed by atoms with E-state index in [1.807, 2.05) is 24.3 Å². The Bertz CT molecular complexity index is 574. The van der Waals surface area contributed by atoms with E-state index in [0.29, 0.717) is 23.0 Å². The maximum Gasteiger partial charge on any atom is 0.133 e. The standard InChI is InChI=1S/C17H19FO2/c1-11(2)13-4-7-15(8-5-13)20-17-9-6-14(18)10-16(17)12(3)19/h4-12,19H,1-3H3/t12-/m1/s1. The van der Waals surface area contributed by atoms with E-state index in [2.05, 4.69) is 13.8 Å². The normalized spacial score (nSPS) is 12.5. The lowest BCUT2D eigenvalue weighted by molar-refractivity contribution is 0.195. The molecule has 0 heterocycles. The molecule has 0 aliphatic heterocycles. The van der Waals surface area contributed by atoms with Gasteiger partial charge in [-0.05, 0) is 48.7 Å². The number of rotatable bonds is 4. The van der Waals surface area contributed by atoms with Gasteiger partial charge >= 0.3 is 0 Å². The Labute approximate surface area is 118 Å². The SMILES string of the molecule is CC(C)c1ccc(Oc2ccc(F)cc2[C@@H](C)O)cc1. The van der Waals surface area contributed by atoms with Crippen molar-refractivity contribution in [3.05, 3.63) is 59.4 Å². The molecule has 0 spiro atoms. The number of halogens is 1. The van der Waals surface area contributed by atoms with E-state index in [-0.39, 0.29) is 5.82 Å². The van der Waals surface area contributed by atoms with Gasteiger partial charge in [-0.15, -0.1) is 0 Å². The summed E-state index contributed by atoms with van der Waals surface area (Å²) >= 11 is 0. The molecule has 0 radical (unpaired) electrons. The minimum absolute atomic E-state index is 0.386. The molecule has 2 nitrogen and oxygen atoms in total. The van der Waals surface area contributed by atoms with Crippen LogP contribution >= 0.6 is 0 Å². The van der Waals surface area contributed by atoms with Crippen LogP contribution in [0.4, 0.5) is 4.39 Å². The third-order valence-electron chi connectivity index (χ3n) is 3.20. The Morgan fingerprint density at radius 2 is 1.65 bits per heavy atom. The van der Waals surface area contributed by atoms with Gasteiger partial charge in [0.25, 0.3) is 0 Å². The average Bonchev–Trinajstić information content (AvgIpc) is 2.41. The quantitative estimate of drug-likeness (QED) is 0.868. The fourth-order valence-electron chi connectivity index (χ4n) is 1.99. The van der Waals surface area contributed by atoms with Crippen molar-refractivity contribution >= 4 is 0 Å². The van der Waals surface area contributed by atoms with Crippen molar-refractivity contribution in [2.45, 2.75) is 32.8 Å². The number of ether oxygens (including phenoxy) is 1. The molecule has 0 unspecified atom stereocenters. The molecule has 0 amide bonds. The zero-order valence-corrected chi connectivity index (χ0v) is 11.9. The second-order valence-corrected chi connectivity index (χ2v) is 5.18. The van der Waals surface area contributed by atoms with Crippen LogP contribution < -0.4 is 4.74 Å². The summed E-state index contributed by atoms with van der Waals surface area (Å²) in [6.07, 6.45) is -0.782. The van der Waals surface area contributed by atoms with Crippen LogP contribution in [0.1, 0.15) is 43.9 Å². The summed E-state index contributed by atoms with van der Waals surface area (Å²) < 4.78 is 19.0. The van der Waals surface area contributed by atoms with E-state index in [0.717, 1.165) is 0 Å². The lowest BCUT2D eigenvalue weighted by Gasteiger charge is -2.14. The van der Waals surface area contributed by atoms with Gasteiger partial charge in [-0.3, -0.25) is 0 Å². The third kappa shape index (κ3) is 3.36. The molecule has 1 N–H and O–H groups in total. The Hall–Kier alpha value is -1.87. The lowest BCUT2D eigenvalue weighted by atomic mass is 10.0. The second-order valence-electron chi connectivity index (χ2n) is 5.18. The first-order valence-electron chi connectivity index (χ1n) is 6.72. The summed E-state index contributed by atoms with van der Waals surface area (Å²) in [6, 6.07) is 11.9. The molecular weight excluding hydrogens is 255 g/mol. The first-order valence-corrected chi connectivity index (χ1v) is 6.72. The summed E-state index contributed by atoms with van der Waals surface area (Å²) in [5.74, 6) is 1.22. The Kier molecular flexibility index (Phi) is 4.40. The Balaban J connectivity index is 2.25. The highest BCUT2D eigenvalue weighted by Gasteiger charge is 2.11. The highest BCUT2D eigenvalue weighted by molar-refractivity contribution is 5.40. The van der Waals surface area contributed by atoms with Gasteiger partial charge in [-0.25, -0.2) is 4.39 Å². The first kappa shape index (κ1) is 14.5. The van der Waals surface area contributed by atoms with Gasteiger partial charge in [0.15, 0.2) is 0 Å². The van der Waals surface area contributed by atoms with Crippen molar-refractivity contribution in [1.82, 2.24) is 0 Å². The number of aliphatic hydroxyl groups is 1. The molecular formula is C17H19FO2. The van der Waals surface area contributed by atoms with Gasteiger partial charge in [0.05, 0.1) is 6.10 Å². The van der Waals surface area contributed by atoms with Gasteiger partial charge in [-0.2, -0.15) is 0 Å². The minimum atomic E-state index is -0.782. The molecule has 0 fully saturated rings. The molecule has 0 aromatic heterocycles. The summed E-state index contributed by atoms with van der Waals surface area (Å²) in [5.41, 5.74) is 1.67. The molecule has 2 aromatic rings. The predicted octanol–water partition coefficient (Wildman–Crippen LogP) is 4.79. The molecule has 0 aliphatic rings. The zero-order valence-electron chi connectivity index (χ0n) is 11.9.